The van der Waals surface area contributed by atoms with Crippen LogP contribution in [-0.4, -0.2) is 70.4 Å². The summed E-state index contributed by atoms with van der Waals surface area (Å²) < 4.78 is 97.6. The van der Waals surface area contributed by atoms with E-state index in [1.807, 2.05) is 0 Å². The van der Waals surface area contributed by atoms with Crippen LogP contribution in [0.15, 0.2) is 0 Å². The average Bonchev–Trinajstić information content (AvgIpc) is 3.28. The Balaban J connectivity index is 1.86. The van der Waals surface area contributed by atoms with Gasteiger partial charge in [-0.2, -0.15) is 0 Å². The Bertz CT molecular complexity index is 1020. The molecule has 0 aliphatic carbocycles. The second kappa shape index (κ2) is 30.1. The van der Waals surface area contributed by atoms with Gasteiger partial charge in [0.25, 0.3) is 0 Å². The van der Waals surface area contributed by atoms with Crippen LogP contribution in [0.25, 0.3) is 0 Å². The third-order valence-electron chi connectivity index (χ3n) is 14.4. The summed E-state index contributed by atoms with van der Waals surface area (Å²) >= 11 is 0. The number of hydrogen-bond donors (Lipinski definition) is 0. The summed E-state index contributed by atoms with van der Waals surface area (Å²) in [4.78, 5) is 0. The maximum Gasteiger partial charge on any atom is 0.478 e. The van der Waals surface area contributed by atoms with Crippen LogP contribution < -0.4 is 0 Å². The summed E-state index contributed by atoms with van der Waals surface area (Å²) in [5.74, 6) is 0. The van der Waals surface area contributed by atoms with Gasteiger partial charge in [-0.1, -0.05) is 209 Å². The molecule has 0 aromatic carbocycles. The fraction of sp³-hybridized carbons (Fsp3) is 1.00. The molecule has 0 amide bonds. The molecule has 6 saturated heterocycles. The third kappa shape index (κ3) is 17.7. The SMILES string of the molecule is CCCCCC[Si]12O[Si]3(CCCCCC)O[Si]4(CCCCCC)O[Si](CCCCCC)(O1)O[Si]1(CCCCCC)O[Si](CCCCCC)(O2)O[Si](CCCCCC)(O3)O[Si](CCCCCC)(O4)O1. The van der Waals surface area contributed by atoms with Gasteiger partial charge < -0.3 is 49.4 Å². The van der Waals surface area contributed by atoms with Gasteiger partial charge in [-0.3, -0.25) is 0 Å². The van der Waals surface area contributed by atoms with Crippen molar-refractivity contribution in [2.45, 2.75) is 309 Å². The Morgan fingerprint density at radius 2 is 0.250 bits per heavy atom. The van der Waals surface area contributed by atoms with Crippen molar-refractivity contribution in [1.82, 2.24) is 0 Å². The molecule has 0 aromatic heterocycles. The summed E-state index contributed by atoms with van der Waals surface area (Å²) in [6.45, 7) is 18.2. The minimum absolute atomic E-state index is 0.621. The molecule has 6 aliphatic rings. The highest BCUT2D eigenvalue weighted by molar-refractivity contribution is 7.03. The minimum atomic E-state index is -3.86. The van der Waals surface area contributed by atoms with Gasteiger partial charge in [0.1, 0.15) is 0 Å². The molecule has 6 rings (SSSR count). The lowest BCUT2D eigenvalue weighted by atomic mass is 10.2. The first-order valence-electron chi connectivity index (χ1n) is 29.4. The molecule has 6 fully saturated rings. The predicted molar refractivity (Wildman–Crippen MR) is 291 cm³/mol. The van der Waals surface area contributed by atoms with E-state index in [-0.39, 0.29) is 0 Å². The van der Waals surface area contributed by atoms with E-state index in [0.717, 1.165) is 205 Å². The number of hydrogen-bond acceptors (Lipinski definition) is 12. The molecule has 0 aromatic rings. The van der Waals surface area contributed by atoms with E-state index in [1.165, 1.54) is 0 Å². The first-order valence-corrected chi connectivity index (χ1v) is 44.8. The van der Waals surface area contributed by atoms with Gasteiger partial charge in [0.15, 0.2) is 0 Å². The van der Waals surface area contributed by atoms with E-state index >= 15 is 0 Å². The molecule has 6 aliphatic heterocycles. The molecule has 0 unspecified atom stereocenters. The summed E-state index contributed by atoms with van der Waals surface area (Å²) in [6, 6.07) is 4.97. The molecule has 0 radical (unpaired) electrons. The topological polar surface area (TPSA) is 111 Å². The van der Waals surface area contributed by atoms with Crippen molar-refractivity contribution in [3.63, 3.8) is 0 Å². The Morgan fingerprint density at radius 3 is 0.338 bits per heavy atom. The molecule has 8 bridgehead atoms. The zero-order valence-corrected chi connectivity index (χ0v) is 53.2. The Kier molecular flexibility index (Phi) is 26.6. The van der Waals surface area contributed by atoms with Crippen LogP contribution >= 0.6 is 0 Å². The Hall–Kier alpha value is 1.26. The maximum atomic E-state index is 8.13. The van der Waals surface area contributed by atoms with E-state index in [9.17, 15) is 0 Å². The Labute approximate surface area is 426 Å². The van der Waals surface area contributed by atoms with Gasteiger partial charge in [-0.15, -0.1) is 0 Å². The quantitative estimate of drug-likeness (QED) is 0.0430. The second-order valence-corrected chi connectivity index (χ2v) is 45.9. The van der Waals surface area contributed by atoms with Crippen LogP contribution in [0.5, 0.6) is 0 Å². The monoisotopic (exact) mass is 1100 g/mol. The molecule has 0 saturated carbocycles. The molecular weight excluding hydrogens is 993 g/mol. The normalized spacial score (nSPS) is 34.2. The minimum Gasteiger partial charge on any atom is -0.373 e. The van der Waals surface area contributed by atoms with Gasteiger partial charge in [-0.05, 0) is 51.4 Å². The Morgan fingerprint density at radius 1 is 0.147 bits per heavy atom. The van der Waals surface area contributed by atoms with Gasteiger partial charge in [-0.25, -0.2) is 0 Å². The van der Waals surface area contributed by atoms with Crippen LogP contribution in [0.2, 0.25) is 48.4 Å². The van der Waals surface area contributed by atoms with Crippen LogP contribution in [0.4, 0.5) is 0 Å². The van der Waals surface area contributed by atoms with Gasteiger partial charge in [0.2, 0.25) is 0 Å². The molecule has 0 atom stereocenters. The highest BCUT2D eigenvalue weighted by atomic mass is 28.6. The van der Waals surface area contributed by atoms with Crippen LogP contribution in [0.3, 0.4) is 0 Å². The first kappa shape index (κ1) is 60.1. The molecule has 68 heavy (non-hydrogen) atoms. The number of unbranched alkanes of at least 4 members (excludes halogenated alkanes) is 24. The maximum absolute atomic E-state index is 8.13. The largest absolute Gasteiger partial charge is 0.478 e. The van der Waals surface area contributed by atoms with E-state index in [1.54, 1.807) is 0 Å². The lowest BCUT2D eigenvalue weighted by molar-refractivity contribution is -0.0313. The zero-order valence-electron chi connectivity index (χ0n) is 45.2. The van der Waals surface area contributed by atoms with E-state index in [4.69, 9.17) is 49.4 Å². The number of rotatable bonds is 40. The van der Waals surface area contributed by atoms with Crippen molar-refractivity contribution in [3.8, 4) is 0 Å². The van der Waals surface area contributed by atoms with Crippen LogP contribution in [0.1, 0.15) is 261 Å². The second-order valence-electron chi connectivity index (χ2n) is 21.2. The van der Waals surface area contributed by atoms with Crippen molar-refractivity contribution in [3.05, 3.63) is 0 Å². The van der Waals surface area contributed by atoms with Crippen molar-refractivity contribution in [1.29, 1.82) is 0 Å². The predicted octanol–water partition coefficient (Wildman–Crippen LogP) is 16.4. The average molecular weight is 1100 g/mol. The lowest BCUT2D eigenvalue weighted by Gasteiger charge is -2.63. The molecular formula is C48H104O12Si8. The van der Waals surface area contributed by atoms with Gasteiger partial charge >= 0.3 is 70.4 Å². The van der Waals surface area contributed by atoms with Crippen LogP contribution in [-0.2, 0) is 49.4 Å². The standard InChI is InChI=1S/C48H104O12Si8/c1-9-17-25-33-41-61-49-62(42-34-26-18-10-2)52-65(45-37-29-21-13-5)54-63(50-61,43-35-27-19-11-3)56-67(47-39-31-23-15-7)57-64(51-61,44-36-28-20-12-4)55-66(53-62,46-38-30-22-14-6)59-68(58-65,60-67)48-40-32-24-16-8/h9-48H2,1-8H3. The highest BCUT2D eigenvalue weighted by Crippen LogP contribution is 2.55. The van der Waals surface area contributed by atoms with Crippen molar-refractivity contribution in [2.24, 2.45) is 0 Å². The molecule has 0 N–H and O–H groups in total. The molecule has 400 valence electrons. The van der Waals surface area contributed by atoms with Crippen LogP contribution in [0, 0.1) is 0 Å². The first-order chi connectivity index (χ1) is 33.0. The highest BCUT2D eigenvalue weighted by Gasteiger charge is 2.82. The molecule has 20 heteroatoms. The molecule has 0 spiro atoms. The van der Waals surface area contributed by atoms with Crippen molar-refractivity contribution < 1.29 is 49.4 Å². The molecule has 12 nitrogen and oxygen atoms in total. The smallest absolute Gasteiger partial charge is 0.373 e. The van der Waals surface area contributed by atoms with Crippen molar-refractivity contribution >= 4 is 70.4 Å². The van der Waals surface area contributed by atoms with E-state index < -0.39 is 70.4 Å². The fourth-order valence-electron chi connectivity index (χ4n) is 10.7. The van der Waals surface area contributed by atoms with Crippen molar-refractivity contribution in [2.75, 3.05) is 0 Å². The van der Waals surface area contributed by atoms with E-state index in [2.05, 4.69) is 55.4 Å². The zero-order chi connectivity index (χ0) is 48.8. The van der Waals surface area contributed by atoms with Gasteiger partial charge in [0.05, 0.1) is 0 Å². The fourth-order valence-corrected chi connectivity index (χ4v) is 61.7. The molecule has 6 heterocycles. The summed E-state index contributed by atoms with van der Waals surface area (Å²) in [6.07, 6.45) is 33.7. The van der Waals surface area contributed by atoms with E-state index in [0.29, 0.717) is 48.4 Å². The summed E-state index contributed by atoms with van der Waals surface area (Å²) in [5, 5.41) is 0. The summed E-state index contributed by atoms with van der Waals surface area (Å²) in [5.41, 5.74) is 0. The summed E-state index contributed by atoms with van der Waals surface area (Å²) in [7, 11) is -30.9. The van der Waals surface area contributed by atoms with Gasteiger partial charge in [0, 0.05) is 48.4 Å². The third-order valence-corrected chi connectivity index (χ3v) is 52.0. The lowest BCUT2D eigenvalue weighted by Crippen LogP contribution is -2.88.